The molecule has 5 heteroatoms. The molecule has 0 radical (unpaired) electrons. The van der Waals surface area contributed by atoms with Gasteiger partial charge in [0.15, 0.2) is 0 Å². The summed E-state index contributed by atoms with van der Waals surface area (Å²) in [4.78, 5) is 23.1. The summed E-state index contributed by atoms with van der Waals surface area (Å²) in [6.45, 7) is 5.86. The van der Waals surface area contributed by atoms with Crippen molar-refractivity contribution in [3.8, 4) is 6.07 Å². The molecule has 0 saturated heterocycles. The van der Waals surface area contributed by atoms with Gasteiger partial charge in [-0.05, 0) is 17.7 Å². The summed E-state index contributed by atoms with van der Waals surface area (Å²) in [7, 11) is 0. The molecular weight excluding hydrogens is 254 g/mol. The van der Waals surface area contributed by atoms with Gasteiger partial charge in [-0.15, -0.1) is 0 Å². The van der Waals surface area contributed by atoms with Gasteiger partial charge in [0.05, 0.1) is 6.07 Å². The Labute approximate surface area is 119 Å². The molecule has 20 heavy (non-hydrogen) atoms. The molecule has 2 N–H and O–H groups in total. The van der Waals surface area contributed by atoms with E-state index in [0.29, 0.717) is 12.2 Å². The number of anilines is 1. The van der Waals surface area contributed by atoms with Gasteiger partial charge in [-0.3, -0.25) is 9.59 Å². The van der Waals surface area contributed by atoms with E-state index in [-0.39, 0.29) is 18.2 Å². The number of nitrogens with zero attached hydrogens (tertiary/aromatic N) is 1. The first-order chi connectivity index (χ1) is 9.32. The maximum atomic E-state index is 11.9. The lowest BCUT2D eigenvalue weighted by Crippen LogP contribution is -2.27. The number of rotatable bonds is 4. The number of nitrogens with one attached hydrogen (secondary N) is 2. The first-order valence-electron chi connectivity index (χ1n) is 6.37. The van der Waals surface area contributed by atoms with Gasteiger partial charge in [0.2, 0.25) is 11.8 Å². The molecule has 2 amide bonds. The fourth-order valence-corrected chi connectivity index (χ4v) is 1.41. The molecule has 106 valence electrons. The highest BCUT2D eigenvalue weighted by Crippen LogP contribution is 2.18. The summed E-state index contributed by atoms with van der Waals surface area (Å²) in [6, 6.07) is 9.04. The highest BCUT2D eigenvalue weighted by Gasteiger charge is 2.21. The first kappa shape index (κ1) is 15.7. The van der Waals surface area contributed by atoms with E-state index in [1.807, 2.05) is 32.9 Å². The summed E-state index contributed by atoms with van der Waals surface area (Å²) in [5.41, 5.74) is 1.09. The van der Waals surface area contributed by atoms with Crippen molar-refractivity contribution in [1.82, 2.24) is 5.32 Å². The topological polar surface area (TPSA) is 82.0 Å². The minimum absolute atomic E-state index is 0.0665. The second kappa shape index (κ2) is 6.71. The Bertz CT molecular complexity index is 539. The third-order valence-electron chi connectivity index (χ3n) is 2.60. The molecule has 1 aromatic carbocycles. The third kappa shape index (κ3) is 5.11. The highest BCUT2D eigenvalue weighted by atomic mass is 16.2. The lowest BCUT2D eigenvalue weighted by Gasteiger charge is -2.18. The van der Waals surface area contributed by atoms with Gasteiger partial charge in [0.1, 0.15) is 6.42 Å². The van der Waals surface area contributed by atoms with Crippen LogP contribution in [0.1, 0.15) is 32.8 Å². The van der Waals surface area contributed by atoms with E-state index in [0.717, 1.165) is 5.56 Å². The Morgan fingerprint density at radius 1 is 1.30 bits per heavy atom. The number of carbonyl (C=O) groups is 2. The van der Waals surface area contributed by atoms with Gasteiger partial charge in [0.25, 0.3) is 0 Å². The Balaban J connectivity index is 2.65. The molecule has 1 rings (SSSR count). The quantitative estimate of drug-likeness (QED) is 0.882. The van der Waals surface area contributed by atoms with Crippen molar-refractivity contribution in [1.29, 1.82) is 5.26 Å². The van der Waals surface area contributed by atoms with Crippen LogP contribution in [0.2, 0.25) is 0 Å². The van der Waals surface area contributed by atoms with Crippen molar-refractivity contribution in [3.63, 3.8) is 0 Å². The Kier molecular flexibility index (Phi) is 5.27. The molecule has 0 atom stereocenters. The Hall–Kier alpha value is -2.35. The maximum Gasteiger partial charge on any atom is 0.234 e. The van der Waals surface area contributed by atoms with Crippen molar-refractivity contribution in [2.75, 3.05) is 5.32 Å². The lowest BCUT2D eigenvalue weighted by atomic mass is 9.95. The number of nitriles is 1. The largest absolute Gasteiger partial charge is 0.351 e. The van der Waals surface area contributed by atoms with Crippen LogP contribution in [0.5, 0.6) is 0 Å². The van der Waals surface area contributed by atoms with E-state index < -0.39 is 5.41 Å². The van der Waals surface area contributed by atoms with E-state index in [9.17, 15) is 9.59 Å². The summed E-state index contributed by atoms with van der Waals surface area (Å²) in [5.74, 6) is -0.375. The monoisotopic (exact) mass is 273 g/mol. The third-order valence-corrected chi connectivity index (χ3v) is 2.60. The average molecular weight is 273 g/mol. The van der Waals surface area contributed by atoms with Crippen molar-refractivity contribution >= 4 is 17.5 Å². The molecule has 5 nitrogen and oxygen atoms in total. The zero-order valence-corrected chi connectivity index (χ0v) is 12.0. The van der Waals surface area contributed by atoms with Crippen LogP contribution >= 0.6 is 0 Å². The second-order valence-corrected chi connectivity index (χ2v) is 5.52. The molecule has 0 heterocycles. The van der Waals surface area contributed by atoms with E-state index in [1.165, 1.54) is 0 Å². The van der Waals surface area contributed by atoms with Crippen LogP contribution in [-0.4, -0.2) is 11.8 Å². The number of hydrogen-bond acceptors (Lipinski definition) is 3. The van der Waals surface area contributed by atoms with E-state index in [1.54, 1.807) is 18.2 Å². The molecule has 0 bridgehead atoms. The zero-order valence-electron chi connectivity index (χ0n) is 12.0. The van der Waals surface area contributed by atoms with Crippen LogP contribution in [0.25, 0.3) is 0 Å². The minimum Gasteiger partial charge on any atom is -0.351 e. The smallest absolute Gasteiger partial charge is 0.234 e. The van der Waals surface area contributed by atoms with Gasteiger partial charge < -0.3 is 10.6 Å². The number of carbonyl (C=O) groups excluding carboxylic acids is 2. The molecule has 0 spiro atoms. The Morgan fingerprint density at radius 3 is 2.60 bits per heavy atom. The molecular formula is C15H19N3O2. The number of hydrogen-bond donors (Lipinski definition) is 2. The zero-order chi connectivity index (χ0) is 15.2. The first-order valence-corrected chi connectivity index (χ1v) is 6.37. The summed E-state index contributed by atoms with van der Waals surface area (Å²) >= 11 is 0. The second-order valence-electron chi connectivity index (χ2n) is 5.52. The van der Waals surface area contributed by atoms with Crippen LogP contribution in [-0.2, 0) is 16.1 Å². The molecule has 0 aliphatic carbocycles. The molecule has 0 aliphatic rings. The van der Waals surface area contributed by atoms with Crippen molar-refractivity contribution in [3.05, 3.63) is 29.8 Å². The molecule has 0 aliphatic heterocycles. The van der Waals surface area contributed by atoms with Gasteiger partial charge in [-0.2, -0.15) is 5.26 Å². The normalized spacial score (nSPS) is 10.5. The SMILES string of the molecule is CC(C)(C)C(=O)Nc1cccc(CNC(=O)CC#N)c1. The van der Waals surface area contributed by atoms with Crippen molar-refractivity contribution < 1.29 is 9.59 Å². The average Bonchev–Trinajstić information content (AvgIpc) is 2.36. The van der Waals surface area contributed by atoms with Crippen molar-refractivity contribution in [2.45, 2.75) is 33.7 Å². The predicted octanol–water partition coefficient (Wildman–Crippen LogP) is 2.20. The summed E-state index contributed by atoms with van der Waals surface area (Å²) < 4.78 is 0. The van der Waals surface area contributed by atoms with Gasteiger partial charge in [-0.25, -0.2) is 0 Å². The van der Waals surface area contributed by atoms with Crippen LogP contribution < -0.4 is 10.6 Å². The summed E-state index contributed by atoms with van der Waals surface area (Å²) in [5, 5.41) is 13.9. The fourth-order valence-electron chi connectivity index (χ4n) is 1.41. The molecule has 1 aromatic rings. The van der Waals surface area contributed by atoms with Crippen LogP contribution in [0, 0.1) is 16.7 Å². The lowest BCUT2D eigenvalue weighted by molar-refractivity contribution is -0.123. The number of benzene rings is 1. The standard InChI is InChI=1S/C15H19N3O2/c1-15(2,3)14(20)18-12-6-4-5-11(9-12)10-17-13(19)7-8-16/h4-6,9H,7,10H2,1-3H3,(H,17,19)(H,18,20). The van der Waals surface area contributed by atoms with E-state index >= 15 is 0 Å². The predicted molar refractivity (Wildman–Crippen MR) is 76.6 cm³/mol. The van der Waals surface area contributed by atoms with Crippen LogP contribution in [0.3, 0.4) is 0 Å². The minimum atomic E-state index is -0.461. The number of amides is 2. The van der Waals surface area contributed by atoms with E-state index in [4.69, 9.17) is 5.26 Å². The summed E-state index contributed by atoms with van der Waals surface area (Å²) in [6.07, 6.45) is -0.152. The van der Waals surface area contributed by atoms with Crippen molar-refractivity contribution in [2.24, 2.45) is 5.41 Å². The molecule has 0 saturated carbocycles. The Morgan fingerprint density at radius 2 is 2.00 bits per heavy atom. The van der Waals surface area contributed by atoms with E-state index in [2.05, 4.69) is 10.6 Å². The van der Waals surface area contributed by atoms with Gasteiger partial charge in [-0.1, -0.05) is 32.9 Å². The molecule has 0 fully saturated rings. The van der Waals surface area contributed by atoms with Crippen LogP contribution in [0.4, 0.5) is 5.69 Å². The molecule has 0 aromatic heterocycles. The fraction of sp³-hybridized carbons (Fsp3) is 0.400. The van der Waals surface area contributed by atoms with Gasteiger partial charge >= 0.3 is 0 Å². The maximum absolute atomic E-state index is 11.9. The highest BCUT2D eigenvalue weighted by molar-refractivity contribution is 5.94. The van der Waals surface area contributed by atoms with Gasteiger partial charge in [0, 0.05) is 17.6 Å². The van der Waals surface area contributed by atoms with Crippen LogP contribution in [0.15, 0.2) is 24.3 Å². The molecule has 0 unspecified atom stereocenters.